The highest BCUT2D eigenvalue weighted by molar-refractivity contribution is 5.85. The SMILES string of the molecule is CC(=O)O[C@@H]1C[C@@H]2C(C)(C)[C@H](O)CC[C@]2(C)[C@@H](C[C@@H]2OC(=O)C=C2C)[C@@H]1C. The second-order valence-electron chi connectivity index (χ2n) is 9.83. The van der Waals surface area contributed by atoms with Crippen LogP contribution >= 0.6 is 0 Å². The zero-order valence-electron chi connectivity index (χ0n) is 17.5. The molecule has 0 spiro atoms. The number of ether oxygens (including phenoxy) is 2. The third-order valence-electron chi connectivity index (χ3n) is 7.94. The van der Waals surface area contributed by atoms with Crippen LogP contribution in [-0.2, 0) is 19.1 Å². The smallest absolute Gasteiger partial charge is 0.331 e. The van der Waals surface area contributed by atoms with Gasteiger partial charge in [-0.15, -0.1) is 0 Å². The van der Waals surface area contributed by atoms with Crippen LogP contribution in [0.1, 0.15) is 67.2 Å². The molecule has 2 saturated carbocycles. The van der Waals surface area contributed by atoms with Gasteiger partial charge in [-0.25, -0.2) is 4.79 Å². The number of aliphatic hydroxyl groups is 1. The molecule has 0 amide bonds. The Kier molecular flexibility index (Phi) is 5.21. The molecular formula is C22H34O5. The van der Waals surface area contributed by atoms with Crippen LogP contribution in [0.25, 0.3) is 0 Å². The summed E-state index contributed by atoms with van der Waals surface area (Å²) in [6.45, 7) is 12.2. The summed E-state index contributed by atoms with van der Waals surface area (Å²) in [5.74, 6) is 0.131. The fourth-order valence-corrected chi connectivity index (χ4v) is 6.26. The first-order valence-corrected chi connectivity index (χ1v) is 10.2. The zero-order valence-corrected chi connectivity index (χ0v) is 17.5. The Morgan fingerprint density at radius 1 is 1.37 bits per heavy atom. The highest BCUT2D eigenvalue weighted by atomic mass is 16.5. The van der Waals surface area contributed by atoms with Crippen molar-refractivity contribution in [2.75, 3.05) is 0 Å². The molecule has 0 unspecified atom stereocenters. The van der Waals surface area contributed by atoms with Crippen molar-refractivity contribution in [1.82, 2.24) is 0 Å². The number of esters is 2. The van der Waals surface area contributed by atoms with Crippen molar-refractivity contribution < 1.29 is 24.2 Å². The first-order valence-electron chi connectivity index (χ1n) is 10.2. The highest BCUT2D eigenvalue weighted by Gasteiger charge is 2.59. The lowest BCUT2D eigenvalue weighted by Crippen LogP contribution is -2.59. The number of rotatable bonds is 3. The fraction of sp³-hybridized carbons (Fsp3) is 0.818. The lowest BCUT2D eigenvalue weighted by molar-refractivity contribution is -0.195. The fourth-order valence-electron chi connectivity index (χ4n) is 6.26. The molecule has 0 aromatic rings. The van der Waals surface area contributed by atoms with E-state index in [0.29, 0.717) is 0 Å². The third-order valence-corrected chi connectivity index (χ3v) is 7.94. The Balaban J connectivity index is 1.95. The van der Waals surface area contributed by atoms with Crippen molar-refractivity contribution in [2.24, 2.45) is 28.6 Å². The van der Waals surface area contributed by atoms with E-state index in [2.05, 4.69) is 27.7 Å². The van der Waals surface area contributed by atoms with Crippen LogP contribution in [0.5, 0.6) is 0 Å². The average Bonchev–Trinajstić information content (AvgIpc) is 2.87. The molecule has 0 bridgehead atoms. The number of carbonyl (C=O) groups is 2. The molecule has 3 rings (SSSR count). The minimum absolute atomic E-state index is 0.00801. The predicted octanol–water partition coefficient (Wildman–Crippen LogP) is 3.64. The summed E-state index contributed by atoms with van der Waals surface area (Å²) < 4.78 is 11.3. The van der Waals surface area contributed by atoms with Gasteiger partial charge in [-0.3, -0.25) is 4.79 Å². The van der Waals surface area contributed by atoms with Crippen LogP contribution in [-0.4, -0.2) is 35.4 Å². The van der Waals surface area contributed by atoms with Gasteiger partial charge in [-0.2, -0.15) is 0 Å². The van der Waals surface area contributed by atoms with Crippen molar-refractivity contribution in [1.29, 1.82) is 0 Å². The van der Waals surface area contributed by atoms with Crippen LogP contribution < -0.4 is 0 Å². The number of aliphatic hydroxyl groups excluding tert-OH is 1. The van der Waals surface area contributed by atoms with Gasteiger partial charge in [-0.05, 0) is 66.8 Å². The number of hydrogen-bond acceptors (Lipinski definition) is 5. The van der Waals surface area contributed by atoms with E-state index in [1.807, 2.05) is 6.92 Å². The Hall–Kier alpha value is -1.36. The maximum atomic E-state index is 11.7. The summed E-state index contributed by atoms with van der Waals surface area (Å²) in [5, 5.41) is 10.7. The first kappa shape index (κ1) is 20.4. The van der Waals surface area contributed by atoms with Crippen molar-refractivity contribution in [3.05, 3.63) is 11.6 Å². The molecule has 1 N–H and O–H groups in total. The topological polar surface area (TPSA) is 72.8 Å². The number of fused-ring (bicyclic) bond motifs is 1. The summed E-state index contributed by atoms with van der Waals surface area (Å²) >= 11 is 0. The van der Waals surface area contributed by atoms with Gasteiger partial charge in [0.05, 0.1) is 6.10 Å². The molecule has 3 aliphatic rings. The van der Waals surface area contributed by atoms with Gasteiger partial charge in [0.1, 0.15) is 12.2 Å². The van der Waals surface area contributed by atoms with Gasteiger partial charge in [-0.1, -0.05) is 27.7 Å². The number of cyclic esters (lactones) is 1. The summed E-state index contributed by atoms with van der Waals surface area (Å²) in [5.41, 5.74) is 0.729. The van der Waals surface area contributed by atoms with Crippen LogP contribution in [0.3, 0.4) is 0 Å². The third kappa shape index (κ3) is 3.43. The molecule has 0 radical (unpaired) electrons. The van der Waals surface area contributed by atoms with Crippen LogP contribution in [0.15, 0.2) is 11.6 Å². The monoisotopic (exact) mass is 378 g/mol. The Morgan fingerprint density at radius 2 is 2.04 bits per heavy atom. The molecule has 2 aliphatic carbocycles. The zero-order chi connectivity index (χ0) is 20.1. The standard InChI is InChI=1S/C22H34O5/c1-12-9-20(25)27-16(12)10-15-13(2)17(26-14(3)23)11-18-21(4,5)19(24)7-8-22(15,18)6/h9,13,15-19,24H,7-8,10-11H2,1-6H3/t13-,15-,16-,17+,18+,19+,22+/m0/s1. The molecule has 152 valence electrons. The lowest BCUT2D eigenvalue weighted by Gasteiger charge is -2.62. The largest absolute Gasteiger partial charge is 0.462 e. The van der Waals surface area contributed by atoms with Crippen LogP contribution in [0.4, 0.5) is 0 Å². The maximum Gasteiger partial charge on any atom is 0.331 e. The van der Waals surface area contributed by atoms with E-state index < -0.39 is 0 Å². The molecule has 5 heteroatoms. The normalized spacial score (nSPS) is 43.5. The molecule has 0 saturated heterocycles. The Bertz CT molecular complexity index is 651. The van der Waals surface area contributed by atoms with Crippen molar-refractivity contribution in [2.45, 2.75) is 85.5 Å². The van der Waals surface area contributed by atoms with E-state index in [1.165, 1.54) is 6.92 Å². The Labute approximate surface area is 162 Å². The molecule has 0 aromatic carbocycles. The molecule has 0 aromatic heterocycles. The molecule has 27 heavy (non-hydrogen) atoms. The minimum Gasteiger partial charge on any atom is -0.462 e. The van der Waals surface area contributed by atoms with E-state index in [4.69, 9.17) is 9.47 Å². The van der Waals surface area contributed by atoms with Crippen molar-refractivity contribution in [3.8, 4) is 0 Å². The molecule has 2 fully saturated rings. The van der Waals surface area contributed by atoms with Gasteiger partial charge in [0.2, 0.25) is 0 Å². The van der Waals surface area contributed by atoms with Crippen molar-refractivity contribution >= 4 is 11.9 Å². The first-order chi connectivity index (χ1) is 12.5. The molecule has 5 nitrogen and oxygen atoms in total. The van der Waals surface area contributed by atoms with E-state index in [9.17, 15) is 14.7 Å². The van der Waals surface area contributed by atoms with Gasteiger partial charge in [0.25, 0.3) is 0 Å². The summed E-state index contributed by atoms with van der Waals surface area (Å²) in [6, 6.07) is 0. The summed E-state index contributed by atoms with van der Waals surface area (Å²) in [6.07, 6.45) is 4.09. The van der Waals surface area contributed by atoms with E-state index in [-0.39, 0.29) is 58.8 Å². The molecular weight excluding hydrogens is 344 g/mol. The summed E-state index contributed by atoms with van der Waals surface area (Å²) in [7, 11) is 0. The van der Waals surface area contributed by atoms with E-state index >= 15 is 0 Å². The maximum absolute atomic E-state index is 11.7. The number of hydrogen-bond donors (Lipinski definition) is 1. The number of carbonyl (C=O) groups excluding carboxylic acids is 2. The molecule has 7 atom stereocenters. The Morgan fingerprint density at radius 3 is 2.59 bits per heavy atom. The van der Waals surface area contributed by atoms with E-state index in [1.54, 1.807) is 6.08 Å². The predicted molar refractivity (Wildman–Crippen MR) is 102 cm³/mol. The van der Waals surface area contributed by atoms with Crippen LogP contribution in [0, 0.1) is 28.6 Å². The van der Waals surface area contributed by atoms with Gasteiger partial charge in [0.15, 0.2) is 0 Å². The quantitative estimate of drug-likeness (QED) is 0.759. The van der Waals surface area contributed by atoms with Gasteiger partial charge < -0.3 is 14.6 Å². The minimum atomic E-state index is -0.353. The van der Waals surface area contributed by atoms with Crippen LogP contribution in [0.2, 0.25) is 0 Å². The second kappa shape index (κ2) is 6.91. The van der Waals surface area contributed by atoms with Gasteiger partial charge in [0, 0.05) is 13.0 Å². The highest BCUT2D eigenvalue weighted by Crippen LogP contribution is 2.62. The van der Waals surface area contributed by atoms with Crippen molar-refractivity contribution in [3.63, 3.8) is 0 Å². The molecule has 1 heterocycles. The van der Waals surface area contributed by atoms with E-state index in [0.717, 1.165) is 31.3 Å². The average molecular weight is 379 g/mol. The summed E-state index contributed by atoms with van der Waals surface area (Å²) in [4.78, 5) is 23.4. The second-order valence-corrected chi connectivity index (χ2v) is 9.83. The van der Waals surface area contributed by atoms with Gasteiger partial charge >= 0.3 is 11.9 Å². The molecule has 1 aliphatic heterocycles. The lowest BCUT2D eigenvalue weighted by atomic mass is 9.44.